The molecule has 1 aromatic heterocycles. The van der Waals surface area contributed by atoms with E-state index in [9.17, 15) is 0 Å². The molecule has 0 aliphatic carbocycles. The Kier molecular flexibility index (Phi) is 3.12. The van der Waals surface area contributed by atoms with Gasteiger partial charge in [-0.2, -0.15) is 0 Å². The van der Waals surface area contributed by atoms with Gasteiger partial charge in [0.15, 0.2) is 5.82 Å². The second kappa shape index (κ2) is 4.79. The normalized spacial score (nSPS) is 10.8. The Bertz CT molecular complexity index is 756. The number of hydrogen-bond acceptors (Lipinski definition) is 3. The lowest BCUT2D eigenvalue weighted by molar-refractivity contribution is 1.23. The smallest absolute Gasteiger partial charge is 0.162 e. The molecule has 3 nitrogen and oxygen atoms in total. The highest BCUT2D eigenvalue weighted by Gasteiger charge is 2.07. The molecule has 19 heavy (non-hydrogen) atoms. The predicted octanol–water partition coefficient (Wildman–Crippen LogP) is 4.29. The number of anilines is 1. The first kappa shape index (κ1) is 12.4. The van der Waals surface area contributed by atoms with Crippen LogP contribution in [-0.4, -0.2) is 9.97 Å². The van der Waals surface area contributed by atoms with Gasteiger partial charge in [0.05, 0.1) is 5.52 Å². The molecule has 0 atom stereocenters. The van der Waals surface area contributed by atoms with Gasteiger partial charge in [-0.25, -0.2) is 9.97 Å². The number of aromatic nitrogens is 2. The lowest BCUT2D eigenvalue weighted by Gasteiger charge is -2.06. The SMILES string of the molecule is Nc1nc(-c2ccc(Cl)cc2)nc2ccc(Br)cc12. The van der Waals surface area contributed by atoms with Crippen molar-refractivity contribution in [2.24, 2.45) is 0 Å². The highest BCUT2D eigenvalue weighted by molar-refractivity contribution is 9.10. The van der Waals surface area contributed by atoms with Gasteiger partial charge in [0.25, 0.3) is 0 Å². The molecule has 5 heteroatoms. The molecule has 3 aromatic rings. The predicted molar refractivity (Wildman–Crippen MR) is 82.1 cm³/mol. The van der Waals surface area contributed by atoms with E-state index >= 15 is 0 Å². The van der Waals surface area contributed by atoms with Crippen molar-refractivity contribution in [3.8, 4) is 11.4 Å². The fraction of sp³-hybridized carbons (Fsp3) is 0. The average molecular weight is 335 g/mol. The maximum Gasteiger partial charge on any atom is 0.162 e. The molecule has 0 radical (unpaired) electrons. The number of benzene rings is 2. The summed E-state index contributed by atoms with van der Waals surface area (Å²) in [6.45, 7) is 0. The first-order valence-electron chi connectivity index (χ1n) is 5.62. The number of halogens is 2. The fourth-order valence-corrected chi connectivity index (χ4v) is 2.34. The number of nitrogen functional groups attached to an aromatic ring is 1. The van der Waals surface area contributed by atoms with Crippen LogP contribution in [0.3, 0.4) is 0 Å². The maximum absolute atomic E-state index is 6.00. The van der Waals surface area contributed by atoms with Crippen LogP contribution in [0, 0.1) is 0 Å². The second-order valence-electron chi connectivity index (χ2n) is 4.10. The monoisotopic (exact) mass is 333 g/mol. The Labute approximate surface area is 123 Å². The summed E-state index contributed by atoms with van der Waals surface area (Å²) in [7, 11) is 0. The molecule has 0 bridgehead atoms. The largest absolute Gasteiger partial charge is 0.383 e. The third kappa shape index (κ3) is 2.41. The summed E-state index contributed by atoms with van der Waals surface area (Å²) in [5.41, 5.74) is 7.70. The summed E-state index contributed by atoms with van der Waals surface area (Å²) >= 11 is 9.28. The zero-order chi connectivity index (χ0) is 13.4. The third-order valence-electron chi connectivity index (χ3n) is 2.79. The molecule has 0 amide bonds. The van der Waals surface area contributed by atoms with Crippen LogP contribution in [0.4, 0.5) is 5.82 Å². The first-order valence-corrected chi connectivity index (χ1v) is 6.79. The minimum absolute atomic E-state index is 0.469. The summed E-state index contributed by atoms with van der Waals surface area (Å²) < 4.78 is 0.953. The molecule has 2 N–H and O–H groups in total. The van der Waals surface area contributed by atoms with Gasteiger partial charge >= 0.3 is 0 Å². The Morgan fingerprint density at radius 1 is 1.00 bits per heavy atom. The van der Waals surface area contributed by atoms with Crippen LogP contribution < -0.4 is 5.73 Å². The van der Waals surface area contributed by atoms with Gasteiger partial charge in [-0.05, 0) is 42.5 Å². The van der Waals surface area contributed by atoms with Gasteiger partial charge in [0.1, 0.15) is 5.82 Å². The van der Waals surface area contributed by atoms with E-state index in [-0.39, 0.29) is 0 Å². The summed E-state index contributed by atoms with van der Waals surface area (Å²) in [4.78, 5) is 8.87. The minimum atomic E-state index is 0.469. The van der Waals surface area contributed by atoms with Crippen LogP contribution in [0.2, 0.25) is 5.02 Å². The topological polar surface area (TPSA) is 51.8 Å². The van der Waals surface area contributed by atoms with E-state index < -0.39 is 0 Å². The van der Waals surface area contributed by atoms with Crippen LogP contribution in [-0.2, 0) is 0 Å². The van der Waals surface area contributed by atoms with Crippen molar-refractivity contribution in [1.29, 1.82) is 0 Å². The molecule has 3 rings (SSSR count). The molecule has 0 aliphatic heterocycles. The number of rotatable bonds is 1. The number of hydrogen-bond donors (Lipinski definition) is 1. The van der Waals surface area contributed by atoms with Crippen LogP contribution in [0.1, 0.15) is 0 Å². The lowest BCUT2D eigenvalue weighted by atomic mass is 10.2. The van der Waals surface area contributed by atoms with E-state index in [1.165, 1.54) is 0 Å². The maximum atomic E-state index is 6.00. The first-order chi connectivity index (χ1) is 9.13. The lowest BCUT2D eigenvalue weighted by Crippen LogP contribution is -1.97. The van der Waals surface area contributed by atoms with E-state index in [0.717, 1.165) is 20.9 Å². The molecule has 0 saturated heterocycles. The van der Waals surface area contributed by atoms with Gasteiger partial charge in [-0.1, -0.05) is 27.5 Å². The van der Waals surface area contributed by atoms with Crippen molar-refractivity contribution in [3.05, 3.63) is 52.0 Å². The quantitative estimate of drug-likeness (QED) is 0.722. The zero-order valence-electron chi connectivity index (χ0n) is 9.77. The van der Waals surface area contributed by atoms with Crippen LogP contribution in [0.15, 0.2) is 46.9 Å². The molecule has 2 aromatic carbocycles. The molecule has 0 spiro atoms. The minimum Gasteiger partial charge on any atom is -0.383 e. The Morgan fingerprint density at radius 3 is 2.47 bits per heavy atom. The Hall–Kier alpha value is -1.65. The van der Waals surface area contributed by atoms with E-state index in [1.807, 2.05) is 42.5 Å². The highest BCUT2D eigenvalue weighted by atomic mass is 79.9. The Morgan fingerprint density at radius 2 is 1.74 bits per heavy atom. The number of nitrogens with zero attached hydrogens (tertiary/aromatic N) is 2. The summed E-state index contributed by atoms with van der Waals surface area (Å²) in [6, 6.07) is 13.1. The summed E-state index contributed by atoms with van der Waals surface area (Å²) in [6.07, 6.45) is 0. The molecular formula is C14H9BrClN3. The molecule has 1 heterocycles. The molecule has 0 fully saturated rings. The molecule has 0 unspecified atom stereocenters. The van der Waals surface area contributed by atoms with Crippen molar-refractivity contribution in [3.63, 3.8) is 0 Å². The van der Waals surface area contributed by atoms with Crippen LogP contribution >= 0.6 is 27.5 Å². The van der Waals surface area contributed by atoms with Crippen molar-refractivity contribution in [2.45, 2.75) is 0 Å². The number of fused-ring (bicyclic) bond motifs is 1. The van der Waals surface area contributed by atoms with Gasteiger partial charge in [-0.15, -0.1) is 0 Å². The second-order valence-corrected chi connectivity index (χ2v) is 5.45. The molecule has 0 saturated carbocycles. The summed E-state index contributed by atoms with van der Waals surface area (Å²) in [5.74, 6) is 1.07. The van der Waals surface area contributed by atoms with Gasteiger partial charge in [0.2, 0.25) is 0 Å². The van der Waals surface area contributed by atoms with E-state index in [1.54, 1.807) is 0 Å². The average Bonchev–Trinajstić information content (AvgIpc) is 2.40. The zero-order valence-corrected chi connectivity index (χ0v) is 12.1. The van der Waals surface area contributed by atoms with Gasteiger partial charge < -0.3 is 5.73 Å². The summed E-state index contributed by atoms with van der Waals surface area (Å²) in [5, 5.41) is 1.52. The fourth-order valence-electron chi connectivity index (χ4n) is 1.85. The van der Waals surface area contributed by atoms with Crippen molar-refractivity contribution in [2.75, 3.05) is 5.73 Å². The van der Waals surface area contributed by atoms with E-state index in [4.69, 9.17) is 17.3 Å². The standard InChI is InChI=1S/C14H9BrClN3/c15-9-3-6-12-11(7-9)13(17)19-14(18-12)8-1-4-10(16)5-2-8/h1-7H,(H2,17,18,19). The van der Waals surface area contributed by atoms with Crippen molar-refractivity contribution < 1.29 is 0 Å². The highest BCUT2D eigenvalue weighted by Crippen LogP contribution is 2.26. The van der Waals surface area contributed by atoms with Gasteiger partial charge in [-0.3, -0.25) is 0 Å². The van der Waals surface area contributed by atoms with Gasteiger partial charge in [0, 0.05) is 20.4 Å². The van der Waals surface area contributed by atoms with Crippen LogP contribution in [0.5, 0.6) is 0 Å². The molecular weight excluding hydrogens is 326 g/mol. The Balaban J connectivity index is 2.20. The van der Waals surface area contributed by atoms with E-state index in [2.05, 4.69) is 25.9 Å². The van der Waals surface area contributed by atoms with Crippen molar-refractivity contribution in [1.82, 2.24) is 9.97 Å². The number of nitrogens with two attached hydrogens (primary N) is 1. The van der Waals surface area contributed by atoms with E-state index in [0.29, 0.717) is 16.7 Å². The molecule has 0 aliphatic rings. The molecule has 94 valence electrons. The van der Waals surface area contributed by atoms with Crippen molar-refractivity contribution >= 4 is 44.3 Å². The van der Waals surface area contributed by atoms with Crippen LogP contribution in [0.25, 0.3) is 22.3 Å². The third-order valence-corrected chi connectivity index (χ3v) is 3.53.